The Balaban J connectivity index is 2.04. The molecule has 1 N–H and O–H groups in total. The monoisotopic (exact) mass is 346 g/mol. The van der Waals surface area contributed by atoms with Gasteiger partial charge in [0.05, 0.1) is 13.3 Å². The molecular weight excluding hydrogens is 328 g/mol. The molecular formula is C18H19ClN2O3. The van der Waals surface area contributed by atoms with Gasteiger partial charge >= 0.3 is 0 Å². The second-order valence-corrected chi connectivity index (χ2v) is 5.57. The third-order valence-corrected chi connectivity index (χ3v) is 3.72. The van der Waals surface area contributed by atoms with Gasteiger partial charge in [-0.1, -0.05) is 35.9 Å². The van der Waals surface area contributed by atoms with E-state index in [0.29, 0.717) is 10.6 Å². The van der Waals surface area contributed by atoms with Gasteiger partial charge in [-0.3, -0.25) is 4.79 Å². The fourth-order valence-corrected chi connectivity index (χ4v) is 2.30. The number of hydrogen-bond acceptors (Lipinski definition) is 4. The van der Waals surface area contributed by atoms with Gasteiger partial charge in [0.2, 0.25) is 0 Å². The Morgan fingerprint density at radius 3 is 2.54 bits per heavy atom. The molecule has 0 radical (unpaired) electrons. The smallest absolute Gasteiger partial charge is 0.273 e. The SMILES string of the molecule is COc1cc(/C=N/NC(=O)C(OC)c2ccc(Cl)cc2)ccc1C. The van der Waals surface area contributed by atoms with Crippen LogP contribution in [-0.2, 0) is 9.53 Å². The van der Waals surface area contributed by atoms with Crippen molar-refractivity contribution in [3.05, 3.63) is 64.2 Å². The zero-order valence-electron chi connectivity index (χ0n) is 13.7. The predicted octanol–water partition coefficient (Wildman–Crippen LogP) is 3.49. The van der Waals surface area contributed by atoms with Crippen LogP contribution < -0.4 is 10.2 Å². The van der Waals surface area contributed by atoms with E-state index in [4.69, 9.17) is 21.1 Å². The van der Waals surface area contributed by atoms with E-state index in [1.54, 1.807) is 37.6 Å². The maximum atomic E-state index is 12.2. The second kappa shape index (κ2) is 8.47. The number of halogens is 1. The highest BCUT2D eigenvalue weighted by Crippen LogP contribution is 2.20. The largest absolute Gasteiger partial charge is 0.496 e. The summed E-state index contributed by atoms with van der Waals surface area (Å²) in [6.45, 7) is 1.96. The van der Waals surface area contributed by atoms with Gasteiger partial charge in [0.1, 0.15) is 5.75 Å². The summed E-state index contributed by atoms with van der Waals surface area (Å²) in [5.41, 5.74) is 5.03. The third-order valence-electron chi connectivity index (χ3n) is 3.47. The number of methoxy groups -OCH3 is 2. The first-order chi connectivity index (χ1) is 11.5. The first kappa shape index (κ1) is 18.0. The summed E-state index contributed by atoms with van der Waals surface area (Å²) in [7, 11) is 3.08. The van der Waals surface area contributed by atoms with E-state index in [0.717, 1.165) is 16.9 Å². The minimum Gasteiger partial charge on any atom is -0.496 e. The molecule has 0 saturated heterocycles. The minimum absolute atomic E-state index is 0.366. The maximum absolute atomic E-state index is 12.2. The van der Waals surface area contributed by atoms with Gasteiger partial charge in [-0.2, -0.15) is 5.10 Å². The Labute approximate surface area is 146 Å². The Bertz CT molecular complexity index is 730. The van der Waals surface area contributed by atoms with E-state index in [1.165, 1.54) is 7.11 Å². The molecule has 1 unspecified atom stereocenters. The number of carbonyl (C=O) groups excluding carboxylic acids is 1. The molecule has 1 atom stereocenters. The van der Waals surface area contributed by atoms with Crippen LogP contribution in [0.2, 0.25) is 5.02 Å². The summed E-state index contributed by atoms with van der Waals surface area (Å²) in [6.07, 6.45) is 0.793. The molecule has 24 heavy (non-hydrogen) atoms. The molecule has 126 valence electrons. The molecule has 5 nitrogen and oxygen atoms in total. The first-order valence-corrected chi connectivity index (χ1v) is 7.68. The minimum atomic E-state index is -0.757. The number of benzene rings is 2. The zero-order chi connectivity index (χ0) is 17.5. The van der Waals surface area contributed by atoms with Crippen LogP contribution in [0.3, 0.4) is 0 Å². The molecule has 0 spiro atoms. The fourth-order valence-electron chi connectivity index (χ4n) is 2.18. The predicted molar refractivity (Wildman–Crippen MR) is 94.7 cm³/mol. The highest BCUT2D eigenvalue weighted by molar-refractivity contribution is 6.30. The number of nitrogens with zero attached hydrogens (tertiary/aromatic N) is 1. The van der Waals surface area contributed by atoms with Crippen LogP contribution in [-0.4, -0.2) is 26.3 Å². The van der Waals surface area contributed by atoms with E-state index in [1.807, 2.05) is 25.1 Å². The third kappa shape index (κ3) is 4.57. The number of ether oxygens (including phenoxy) is 2. The summed E-state index contributed by atoms with van der Waals surface area (Å²) in [6, 6.07) is 12.6. The molecule has 0 saturated carbocycles. The van der Waals surface area contributed by atoms with Gasteiger partial charge in [-0.15, -0.1) is 0 Å². The van der Waals surface area contributed by atoms with Crippen molar-refractivity contribution in [2.24, 2.45) is 5.10 Å². The van der Waals surface area contributed by atoms with Gasteiger partial charge in [0.15, 0.2) is 6.10 Å². The average Bonchev–Trinajstić information content (AvgIpc) is 2.58. The van der Waals surface area contributed by atoms with Gasteiger partial charge in [0, 0.05) is 12.1 Å². The van der Waals surface area contributed by atoms with Crippen molar-refractivity contribution in [1.29, 1.82) is 0 Å². The highest BCUT2D eigenvalue weighted by atomic mass is 35.5. The number of aryl methyl sites for hydroxylation is 1. The standard InChI is InChI=1S/C18H19ClN2O3/c1-12-4-5-13(10-16(12)23-2)11-20-21-18(22)17(24-3)14-6-8-15(19)9-7-14/h4-11,17H,1-3H3,(H,21,22)/b20-11+. The summed E-state index contributed by atoms with van der Waals surface area (Å²) in [4.78, 5) is 12.2. The van der Waals surface area contributed by atoms with Crippen LogP contribution in [0.15, 0.2) is 47.6 Å². The zero-order valence-corrected chi connectivity index (χ0v) is 14.5. The molecule has 2 aromatic rings. The molecule has 2 rings (SSSR count). The molecule has 0 aliphatic rings. The topological polar surface area (TPSA) is 59.9 Å². The lowest BCUT2D eigenvalue weighted by molar-refractivity contribution is -0.131. The Morgan fingerprint density at radius 1 is 1.21 bits per heavy atom. The van der Waals surface area contributed by atoms with Crippen LogP contribution in [0.4, 0.5) is 0 Å². The van der Waals surface area contributed by atoms with Crippen molar-refractivity contribution in [2.75, 3.05) is 14.2 Å². The molecule has 0 aliphatic carbocycles. The van der Waals surface area contributed by atoms with Crippen molar-refractivity contribution in [3.63, 3.8) is 0 Å². The second-order valence-electron chi connectivity index (χ2n) is 5.13. The molecule has 0 heterocycles. The summed E-state index contributed by atoms with van der Waals surface area (Å²) < 4.78 is 10.5. The summed E-state index contributed by atoms with van der Waals surface area (Å²) in [5.74, 6) is 0.399. The number of hydrogen-bond donors (Lipinski definition) is 1. The molecule has 0 bridgehead atoms. The fraction of sp³-hybridized carbons (Fsp3) is 0.222. The van der Waals surface area contributed by atoms with Crippen molar-refractivity contribution in [1.82, 2.24) is 5.43 Å². The molecule has 2 aromatic carbocycles. The van der Waals surface area contributed by atoms with Crippen molar-refractivity contribution in [3.8, 4) is 5.75 Å². The van der Waals surface area contributed by atoms with Gasteiger partial charge in [0.25, 0.3) is 5.91 Å². The van der Waals surface area contributed by atoms with Crippen LogP contribution in [0, 0.1) is 6.92 Å². The lowest BCUT2D eigenvalue weighted by Crippen LogP contribution is -2.26. The van der Waals surface area contributed by atoms with E-state index in [-0.39, 0.29) is 5.91 Å². The van der Waals surface area contributed by atoms with Crippen LogP contribution in [0.5, 0.6) is 5.75 Å². The number of hydrazone groups is 1. The lowest BCUT2D eigenvalue weighted by Gasteiger charge is -2.13. The van der Waals surface area contributed by atoms with Crippen molar-refractivity contribution in [2.45, 2.75) is 13.0 Å². The van der Waals surface area contributed by atoms with E-state index >= 15 is 0 Å². The quantitative estimate of drug-likeness (QED) is 0.643. The molecule has 0 fully saturated rings. The van der Waals surface area contributed by atoms with Crippen LogP contribution in [0.25, 0.3) is 0 Å². The van der Waals surface area contributed by atoms with E-state index < -0.39 is 6.10 Å². The number of rotatable bonds is 6. The van der Waals surface area contributed by atoms with Gasteiger partial charge < -0.3 is 9.47 Å². The number of amides is 1. The first-order valence-electron chi connectivity index (χ1n) is 7.31. The Morgan fingerprint density at radius 2 is 1.92 bits per heavy atom. The molecule has 0 aromatic heterocycles. The lowest BCUT2D eigenvalue weighted by atomic mass is 10.1. The molecule has 1 amide bonds. The summed E-state index contributed by atoms with van der Waals surface area (Å²) in [5, 5.41) is 4.57. The summed E-state index contributed by atoms with van der Waals surface area (Å²) >= 11 is 5.85. The molecule has 6 heteroatoms. The average molecular weight is 347 g/mol. The van der Waals surface area contributed by atoms with E-state index in [9.17, 15) is 4.79 Å². The maximum Gasteiger partial charge on any atom is 0.273 e. The Hall–Kier alpha value is -2.37. The van der Waals surface area contributed by atoms with E-state index in [2.05, 4.69) is 10.5 Å². The Kier molecular flexibility index (Phi) is 6.35. The molecule has 0 aliphatic heterocycles. The van der Waals surface area contributed by atoms with Crippen LogP contribution in [0.1, 0.15) is 22.8 Å². The number of nitrogens with one attached hydrogen (secondary N) is 1. The van der Waals surface area contributed by atoms with Crippen LogP contribution >= 0.6 is 11.6 Å². The van der Waals surface area contributed by atoms with Crippen molar-refractivity contribution >= 4 is 23.7 Å². The normalized spacial score (nSPS) is 12.2. The highest BCUT2D eigenvalue weighted by Gasteiger charge is 2.19. The van der Waals surface area contributed by atoms with Gasteiger partial charge in [-0.05, 0) is 41.8 Å². The van der Waals surface area contributed by atoms with Crippen molar-refractivity contribution < 1.29 is 14.3 Å². The van der Waals surface area contributed by atoms with Gasteiger partial charge in [-0.25, -0.2) is 5.43 Å². The number of carbonyl (C=O) groups is 1.